The molecule has 0 amide bonds. The van der Waals surface area contributed by atoms with Gasteiger partial charge < -0.3 is 23.8 Å². The average molecular weight is 398 g/mol. The van der Waals surface area contributed by atoms with Gasteiger partial charge in [-0.15, -0.1) is 0 Å². The Bertz CT molecular complexity index is 881. The fourth-order valence-corrected chi connectivity index (χ4v) is 2.55. The molecule has 1 aromatic carbocycles. The SMILES string of the molecule is COC(=O)C1=C(C(=O)OC)N(c2ccc([N+](=O)[O-])c(F)c2C(=O)OC)COC1. The highest BCUT2D eigenvalue weighted by Gasteiger charge is 2.36. The fraction of sp³-hybridized carbons (Fsp3) is 0.312. The topological polar surface area (TPSA) is 135 Å². The number of ether oxygens (including phenoxy) is 4. The van der Waals surface area contributed by atoms with Crippen LogP contribution in [0, 0.1) is 15.9 Å². The molecule has 1 aromatic rings. The summed E-state index contributed by atoms with van der Waals surface area (Å²) in [5.41, 5.74) is -2.68. The highest BCUT2D eigenvalue weighted by molar-refractivity contribution is 6.05. The van der Waals surface area contributed by atoms with Crippen LogP contribution in [0.25, 0.3) is 0 Å². The van der Waals surface area contributed by atoms with Crippen LogP contribution in [0.1, 0.15) is 10.4 Å². The van der Waals surface area contributed by atoms with Crippen LogP contribution < -0.4 is 4.90 Å². The molecule has 1 heterocycles. The highest BCUT2D eigenvalue weighted by Crippen LogP contribution is 2.34. The lowest BCUT2D eigenvalue weighted by atomic mass is 10.1. The summed E-state index contributed by atoms with van der Waals surface area (Å²) < 4.78 is 33.7. The lowest BCUT2D eigenvalue weighted by molar-refractivity contribution is -0.387. The number of rotatable bonds is 5. The Morgan fingerprint density at radius 3 is 2.25 bits per heavy atom. The van der Waals surface area contributed by atoms with Gasteiger partial charge in [0.15, 0.2) is 0 Å². The largest absolute Gasteiger partial charge is 0.466 e. The van der Waals surface area contributed by atoms with E-state index in [4.69, 9.17) is 4.74 Å². The van der Waals surface area contributed by atoms with E-state index < -0.39 is 39.9 Å². The summed E-state index contributed by atoms with van der Waals surface area (Å²) in [4.78, 5) is 47.4. The molecule has 1 aliphatic rings. The van der Waals surface area contributed by atoms with E-state index in [1.165, 1.54) is 0 Å². The normalized spacial score (nSPS) is 13.8. The quantitative estimate of drug-likeness (QED) is 0.305. The number of nitrogens with zero attached hydrogens (tertiary/aromatic N) is 2. The van der Waals surface area contributed by atoms with Crippen LogP contribution >= 0.6 is 0 Å². The van der Waals surface area contributed by atoms with Crippen LogP contribution in [-0.4, -0.2) is 57.5 Å². The number of carbonyl (C=O) groups is 3. The Balaban J connectivity index is 2.78. The predicted molar refractivity (Wildman–Crippen MR) is 88.7 cm³/mol. The van der Waals surface area contributed by atoms with E-state index in [0.717, 1.165) is 38.4 Å². The van der Waals surface area contributed by atoms with Crippen molar-refractivity contribution < 1.29 is 42.6 Å². The van der Waals surface area contributed by atoms with Crippen molar-refractivity contribution in [2.45, 2.75) is 0 Å². The van der Waals surface area contributed by atoms with E-state index in [1.807, 2.05) is 0 Å². The number of benzene rings is 1. The van der Waals surface area contributed by atoms with Crippen molar-refractivity contribution in [2.75, 3.05) is 39.6 Å². The number of methoxy groups -OCH3 is 3. The molecular formula is C16H15FN2O9. The molecule has 0 unspecified atom stereocenters. The summed E-state index contributed by atoms with van der Waals surface area (Å²) >= 11 is 0. The van der Waals surface area contributed by atoms with Crippen molar-refractivity contribution in [3.05, 3.63) is 44.9 Å². The maximum absolute atomic E-state index is 14.7. The molecule has 150 valence electrons. The van der Waals surface area contributed by atoms with Crippen molar-refractivity contribution in [1.82, 2.24) is 0 Å². The van der Waals surface area contributed by atoms with E-state index in [0.29, 0.717) is 0 Å². The summed E-state index contributed by atoms with van der Waals surface area (Å²) in [6.45, 7) is -0.692. The zero-order valence-electron chi connectivity index (χ0n) is 15.0. The zero-order valence-corrected chi connectivity index (χ0v) is 15.0. The molecule has 0 saturated heterocycles. The fourth-order valence-electron chi connectivity index (χ4n) is 2.55. The minimum absolute atomic E-state index is 0.241. The number of nitro benzene ring substituents is 1. The summed E-state index contributed by atoms with van der Waals surface area (Å²) in [6.07, 6.45) is 0. The molecule has 0 N–H and O–H groups in total. The second-order valence-corrected chi connectivity index (χ2v) is 5.26. The Morgan fingerprint density at radius 1 is 1.11 bits per heavy atom. The van der Waals surface area contributed by atoms with Crippen LogP contribution in [0.15, 0.2) is 23.4 Å². The van der Waals surface area contributed by atoms with Gasteiger partial charge in [0.2, 0.25) is 5.82 Å². The van der Waals surface area contributed by atoms with Crippen molar-refractivity contribution in [1.29, 1.82) is 0 Å². The first kappa shape index (κ1) is 20.8. The van der Waals surface area contributed by atoms with E-state index in [9.17, 15) is 28.9 Å². The van der Waals surface area contributed by atoms with Gasteiger partial charge in [-0.05, 0) is 6.07 Å². The minimum atomic E-state index is -1.47. The number of hydrogen-bond donors (Lipinski definition) is 0. The molecule has 0 atom stereocenters. The molecule has 0 fully saturated rings. The molecule has 28 heavy (non-hydrogen) atoms. The van der Waals surface area contributed by atoms with E-state index in [-0.39, 0.29) is 30.3 Å². The molecule has 0 bridgehead atoms. The van der Waals surface area contributed by atoms with Gasteiger partial charge in [-0.3, -0.25) is 10.1 Å². The Kier molecular flexibility index (Phi) is 6.26. The molecule has 0 aromatic heterocycles. The second kappa shape index (κ2) is 8.43. The number of nitro groups is 1. The van der Waals surface area contributed by atoms with Gasteiger partial charge >= 0.3 is 23.6 Å². The Hall–Kier alpha value is -3.54. The summed E-state index contributed by atoms with van der Waals surface area (Å²) in [5, 5.41) is 11.0. The van der Waals surface area contributed by atoms with Crippen LogP contribution in [0.4, 0.5) is 15.8 Å². The molecular weight excluding hydrogens is 383 g/mol. The number of carbonyl (C=O) groups excluding carboxylic acids is 3. The molecule has 0 spiro atoms. The average Bonchev–Trinajstić information content (AvgIpc) is 2.70. The summed E-state index contributed by atoms with van der Waals surface area (Å²) in [5.74, 6) is -4.60. The third-order valence-corrected chi connectivity index (χ3v) is 3.81. The first-order valence-electron chi connectivity index (χ1n) is 7.58. The molecule has 0 saturated carbocycles. The van der Waals surface area contributed by atoms with Crippen molar-refractivity contribution >= 4 is 29.3 Å². The molecule has 12 heteroatoms. The van der Waals surface area contributed by atoms with Crippen molar-refractivity contribution in [3.63, 3.8) is 0 Å². The number of esters is 3. The number of hydrogen-bond acceptors (Lipinski definition) is 10. The van der Waals surface area contributed by atoms with Crippen LogP contribution in [0.5, 0.6) is 0 Å². The predicted octanol–water partition coefficient (Wildman–Crippen LogP) is 0.915. The molecule has 1 aliphatic heterocycles. The monoisotopic (exact) mass is 398 g/mol. The van der Waals surface area contributed by atoms with Gasteiger partial charge in [0.1, 0.15) is 18.0 Å². The summed E-state index contributed by atoms with van der Waals surface area (Å²) in [7, 11) is 3.08. The second-order valence-electron chi connectivity index (χ2n) is 5.26. The lowest BCUT2D eigenvalue weighted by Crippen LogP contribution is -2.39. The van der Waals surface area contributed by atoms with Gasteiger partial charge in [0, 0.05) is 6.07 Å². The van der Waals surface area contributed by atoms with Gasteiger partial charge in [0.25, 0.3) is 0 Å². The van der Waals surface area contributed by atoms with Crippen molar-refractivity contribution in [3.8, 4) is 0 Å². The maximum atomic E-state index is 14.7. The Morgan fingerprint density at radius 2 is 1.71 bits per heavy atom. The van der Waals surface area contributed by atoms with Gasteiger partial charge in [0.05, 0.1) is 44.1 Å². The standard InChI is InChI=1S/C16H15FN2O9/c1-25-14(20)8-6-28-7-18(13(8)16(22)27-3)9-4-5-10(19(23)24)12(17)11(9)15(21)26-2/h4-5H,6-7H2,1-3H3. The van der Waals surface area contributed by atoms with E-state index >= 15 is 0 Å². The zero-order chi connectivity index (χ0) is 21.0. The van der Waals surface area contributed by atoms with Crippen LogP contribution in [0.3, 0.4) is 0 Å². The van der Waals surface area contributed by atoms with Gasteiger partial charge in [-0.2, -0.15) is 4.39 Å². The van der Waals surface area contributed by atoms with E-state index in [2.05, 4.69) is 14.2 Å². The lowest BCUT2D eigenvalue weighted by Gasteiger charge is -2.32. The first-order chi connectivity index (χ1) is 13.3. The van der Waals surface area contributed by atoms with Gasteiger partial charge in [-0.1, -0.05) is 0 Å². The number of halogens is 1. The van der Waals surface area contributed by atoms with Gasteiger partial charge in [-0.25, -0.2) is 14.4 Å². The summed E-state index contributed by atoms with van der Waals surface area (Å²) in [6, 6.07) is 1.83. The molecule has 11 nitrogen and oxygen atoms in total. The Labute approximate surface area is 157 Å². The van der Waals surface area contributed by atoms with Crippen LogP contribution in [0.2, 0.25) is 0 Å². The molecule has 0 aliphatic carbocycles. The van der Waals surface area contributed by atoms with Crippen molar-refractivity contribution in [2.24, 2.45) is 0 Å². The smallest absolute Gasteiger partial charge is 0.355 e. The molecule has 0 radical (unpaired) electrons. The minimum Gasteiger partial charge on any atom is -0.466 e. The van der Waals surface area contributed by atoms with Crippen LogP contribution in [-0.2, 0) is 28.5 Å². The highest BCUT2D eigenvalue weighted by atomic mass is 19.1. The maximum Gasteiger partial charge on any atom is 0.355 e. The third kappa shape index (κ3) is 3.62. The van der Waals surface area contributed by atoms with E-state index in [1.54, 1.807) is 0 Å². The molecule has 2 rings (SSSR count). The third-order valence-electron chi connectivity index (χ3n) is 3.81. The number of anilines is 1. The first-order valence-corrected chi connectivity index (χ1v) is 7.58.